The first kappa shape index (κ1) is 37.0. The second kappa shape index (κ2) is 15.6. The van der Waals surface area contributed by atoms with Gasteiger partial charge in [0.1, 0.15) is 5.37 Å². The predicted molar refractivity (Wildman–Crippen MR) is 257 cm³/mol. The van der Waals surface area contributed by atoms with Crippen molar-refractivity contribution in [2.24, 2.45) is 0 Å². The van der Waals surface area contributed by atoms with E-state index < -0.39 is 0 Å². The Labute approximate surface area is 365 Å². The summed E-state index contributed by atoms with van der Waals surface area (Å²) >= 11 is 5.21. The standard InChI is InChI=1S/C53H36BrN5OS/c54-38-20-16-37(17-21-38)53-59(48(60)32-61-53)39-22-18-36(19-23-39)52-46-30-28-44(57-46)50(34-12-6-2-7-13-34)42-26-24-40(55-42)49(33-10-4-1-5-11-33)41-25-27-43(56-41)51(35-14-8-3-9-15-35)45-29-31-47(52)58-45/h1-31,53,55,58H,32H2. The Morgan fingerprint density at radius 1 is 0.475 bits per heavy atom. The molecular weight excluding hydrogens is 835 g/mol. The summed E-state index contributed by atoms with van der Waals surface area (Å²) in [5, 5.41) is -0.105. The van der Waals surface area contributed by atoms with Gasteiger partial charge in [-0.1, -0.05) is 131 Å². The fourth-order valence-electron chi connectivity index (χ4n) is 8.60. The number of anilines is 1. The van der Waals surface area contributed by atoms with E-state index in [2.05, 4.69) is 184 Å². The minimum atomic E-state index is -0.105. The third kappa shape index (κ3) is 6.84. The van der Waals surface area contributed by atoms with Crippen LogP contribution in [0.15, 0.2) is 168 Å². The molecule has 1 amide bonds. The lowest BCUT2D eigenvalue weighted by Gasteiger charge is -2.24. The molecule has 3 aliphatic rings. The Balaban J connectivity index is 1.18. The summed E-state index contributed by atoms with van der Waals surface area (Å²) in [5.74, 6) is 0.525. The van der Waals surface area contributed by atoms with Gasteiger partial charge in [0.25, 0.3) is 0 Å². The van der Waals surface area contributed by atoms with Crippen LogP contribution in [0.3, 0.4) is 0 Å². The number of aromatic nitrogens is 4. The lowest BCUT2D eigenvalue weighted by atomic mass is 10.0. The summed E-state index contributed by atoms with van der Waals surface area (Å²) in [6.45, 7) is 0. The fraction of sp³-hybridized carbons (Fsp3) is 0.0377. The van der Waals surface area contributed by atoms with Crippen molar-refractivity contribution in [3.63, 3.8) is 0 Å². The molecule has 1 unspecified atom stereocenters. The number of hydrogen-bond acceptors (Lipinski definition) is 4. The van der Waals surface area contributed by atoms with Gasteiger partial charge in [-0.15, -0.1) is 11.8 Å². The number of nitrogens with zero attached hydrogens (tertiary/aromatic N) is 3. The minimum absolute atomic E-state index is 0.0950. The van der Waals surface area contributed by atoms with Crippen molar-refractivity contribution in [2.75, 3.05) is 10.7 Å². The first-order chi connectivity index (χ1) is 30.1. The Bertz CT molecular complexity index is 3170. The Morgan fingerprint density at radius 2 is 0.852 bits per heavy atom. The molecule has 0 saturated carbocycles. The lowest BCUT2D eigenvalue weighted by molar-refractivity contribution is -0.115. The molecule has 3 aromatic heterocycles. The van der Waals surface area contributed by atoms with E-state index in [1.165, 1.54) is 0 Å². The van der Waals surface area contributed by atoms with Crippen LogP contribution in [0, 0.1) is 0 Å². The summed E-state index contributed by atoms with van der Waals surface area (Å²) in [7, 11) is 0. The molecule has 11 rings (SSSR count). The second-order valence-electron chi connectivity index (χ2n) is 15.1. The number of fused-ring (bicyclic) bond motifs is 8. The molecule has 1 fully saturated rings. The third-order valence-corrected chi connectivity index (χ3v) is 13.1. The lowest BCUT2D eigenvalue weighted by Crippen LogP contribution is -2.27. The number of H-pyrrole nitrogens is 2. The quantitative estimate of drug-likeness (QED) is 0.174. The number of aromatic amines is 2. The number of benzene rings is 5. The highest BCUT2D eigenvalue weighted by Crippen LogP contribution is 2.43. The average Bonchev–Trinajstić information content (AvgIpc) is 4.17. The molecule has 0 radical (unpaired) electrons. The minimum Gasteiger partial charge on any atom is -0.354 e. The molecule has 6 heterocycles. The highest BCUT2D eigenvalue weighted by atomic mass is 79.9. The molecule has 0 spiro atoms. The molecule has 1 saturated heterocycles. The number of hydrogen-bond donors (Lipinski definition) is 2. The van der Waals surface area contributed by atoms with E-state index in [4.69, 9.17) is 9.97 Å². The SMILES string of the molecule is O=C1CSC(c2ccc(Br)cc2)N1c1ccc(-c2c3nc(c(-c4ccccc4)c4ccc([nH]4)c(-c4ccccc4)c4nc(c(-c5ccccc5)c5ccc2[nH]5)C=C4)C=C3)cc1. The van der Waals surface area contributed by atoms with E-state index >= 15 is 0 Å². The summed E-state index contributed by atoms with van der Waals surface area (Å²) in [4.78, 5) is 33.9. The summed E-state index contributed by atoms with van der Waals surface area (Å²) in [5.41, 5.74) is 17.3. The largest absolute Gasteiger partial charge is 0.354 e. The van der Waals surface area contributed by atoms with Crippen molar-refractivity contribution in [1.82, 2.24) is 19.9 Å². The average molecular weight is 871 g/mol. The number of carbonyl (C=O) groups excluding carboxylic acids is 1. The van der Waals surface area contributed by atoms with Gasteiger partial charge in [-0.3, -0.25) is 9.69 Å². The van der Waals surface area contributed by atoms with Gasteiger partial charge in [-0.25, -0.2) is 9.97 Å². The predicted octanol–water partition coefficient (Wildman–Crippen LogP) is 13.9. The van der Waals surface area contributed by atoms with Gasteiger partial charge in [0.05, 0.1) is 28.5 Å². The number of carbonyl (C=O) groups is 1. The van der Waals surface area contributed by atoms with Crippen molar-refractivity contribution in [2.45, 2.75) is 5.37 Å². The summed E-state index contributed by atoms with van der Waals surface area (Å²) in [6.07, 6.45) is 8.48. The monoisotopic (exact) mass is 869 g/mol. The Hall–Kier alpha value is -7.00. The topological polar surface area (TPSA) is 77.7 Å². The fourth-order valence-corrected chi connectivity index (χ4v) is 10.0. The molecule has 1 atom stereocenters. The smallest absolute Gasteiger partial charge is 0.238 e. The van der Waals surface area contributed by atoms with Crippen LogP contribution in [-0.2, 0) is 4.79 Å². The van der Waals surface area contributed by atoms with Crippen molar-refractivity contribution in [3.8, 4) is 44.5 Å². The number of amides is 1. The van der Waals surface area contributed by atoms with Gasteiger partial charge in [0, 0.05) is 54.5 Å². The van der Waals surface area contributed by atoms with Crippen molar-refractivity contribution in [3.05, 3.63) is 197 Å². The second-order valence-corrected chi connectivity index (χ2v) is 17.1. The zero-order valence-electron chi connectivity index (χ0n) is 32.7. The first-order valence-electron chi connectivity index (χ1n) is 20.2. The molecule has 8 aromatic rings. The van der Waals surface area contributed by atoms with E-state index in [0.29, 0.717) is 5.75 Å². The van der Waals surface area contributed by atoms with E-state index in [0.717, 1.165) is 105 Å². The van der Waals surface area contributed by atoms with Gasteiger partial charge in [-0.05, 0) is 101 Å². The van der Waals surface area contributed by atoms with Gasteiger partial charge >= 0.3 is 0 Å². The van der Waals surface area contributed by atoms with Crippen molar-refractivity contribution >= 4 is 85.7 Å². The highest BCUT2D eigenvalue weighted by Gasteiger charge is 2.34. The zero-order chi connectivity index (χ0) is 40.9. The molecule has 0 aliphatic carbocycles. The maximum Gasteiger partial charge on any atom is 0.238 e. The zero-order valence-corrected chi connectivity index (χ0v) is 35.1. The van der Waals surface area contributed by atoms with Crippen LogP contribution in [0.25, 0.3) is 90.9 Å². The van der Waals surface area contributed by atoms with E-state index in [1.54, 1.807) is 11.8 Å². The number of thioether (sulfide) groups is 1. The maximum atomic E-state index is 13.4. The number of nitrogens with one attached hydrogen (secondary N) is 2. The van der Waals surface area contributed by atoms with Crippen LogP contribution in [0.1, 0.15) is 33.7 Å². The molecule has 3 aliphatic heterocycles. The van der Waals surface area contributed by atoms with Gasteiger partial charge in [0.2, 0.25) is 5.91 Å². The molecular formula is C53H36BrN5OS. The molecule has 6 nitrogen and oxygen atoms in total. The number of rotatable bonds is 6. The van der Waals surface area contributed by atoms with Crippen molar-refractivity contribution in [1.29, 1.82) is 0 Å². The van der Waals surface area contributed by atoms with Crippen LogP contribution in [0.2, 0.25) is 0 Å². The van der Waals surface area contributed by atoms with Crippen LogP contribution in [0.5, 0.6) is 0 Å². The van der Waals surface area contributed by atoms with E-state index in [-0.39, 0.29) is 11.3 Å². The van der Waals surface area contributed by atoms with Crippen LogP contribution in [0.4, 0.5) is 5.69 Å². The Morgan fingerprint density at radius 3 is 1.25 bits per heavy atom. The summed E-state index contributed by atoms with van der Waals surface area (Å²) < 4.78 is 1.01. The van der Waals surface area contributed by atoms with Crippen LogP contribution in [-0.4, -0.2) is 31.6 Å². The van der Waals surface area contributed by atoms with E-state index in [9.17, 15) is 4.79 Å². The number of halogens is 1. The molecule has 61 heavy (non-hydrogen) atoms. The van der Waals surface area contributed by atoms with Crippen molar-refractivity contribution < 1.29 is 4.79 Å². The van der Waals surface area contributed by atoms with Crippen LogP contribution < -0.4 is 4.90 Å². The molecule has 292 valence electrons. The van der Waals surface area contributed by atoms with Gasteiger partial charge in [0.15, 0.2) is 0 Å². The third-order valence-electron chi connectivity index (χ3n) is 11.4. The molecule has 5 aromatic carbocycles. The Kier molecular flexibility index (Phi) is 9.44. The maximum absolute atomic E-state index is 13.4. The molecule has 8 heteroatoms. The highest BCUT2D eigenvalue weighted by molar-refractivity contribution is 9.10. The molecule has 8 bridgehead atoms. The van der Waals surface area contributed by atoms with Gasteiger partial charge in [-0.2, -0.15) is 0 Å². The summed E-state index contributed by atoms with van der Waals surface area (Å²) in [6, 6.07) is 56.5. The van der Waals surface area contributed by atoms with E-state index in [1.807, 2.05) is 35.2 Å². The first-order valence-corrected chi connectivity index (χ1v) is 22.0. The normalized spacial score (nSPS) is 14.5. The molecule has 2 N–H and O–H groups in total. The van der Waals surface area contributed by atoms with Gasteiger partial charge < -0.3 is 9.97 Å². The van der Waals surface area contributed by atoms with Crippen LogP contribution >= 0.6 is 27.7 Å².